The first kappa shape index (κ1) is 13.0. The van der Waals surface area contributed by atoms with Gasteiger partial charge in [0.1, 0.15) is 0 Å². The standard InChI is InChI=1S/C14H21N3O/c1-14(2,11-4-3-7-15-8-11)10-17-13(18)9-16-12-5-6-12/h3-4,7-8,12,16H,5-6,9-10H2,1-2H3,(H,17,18). The van der Waals surface area contributed by atoms with Crippen LogP contribution in [-0.4, -0.2) is 30.0 Å². The Morgan fingerprint density at radius 2 is 2.28 bits per heavy atom. The predicted octanol–water partition coefficient (Wildman–Crippen LogP) is 1.23. The minimum absolute atomic E-state index is 0.0684. The lowest BCUT2D eigenvalue weighted by molar-refractivity contribution is -0.120. The number of hydrogen-bond acceptors (Lipinski definition) is 3. The highest BCUT2D eigenvalue weighted by molar-refractivity contribution is 5.78. The molecule has 1 fully saturated rings. The second kappa shape index (κ2) is 5.48. The zero-order valence-electron chi connectivity index (χ0n) is 11.1. The molecule has 0 aliphatic heterocycles. The molecule has 1 aromatic rings. The summed E-state index contributed by atoms with van der Waals surface area (Å²) in [6.45, 7) is 5.27. The summed E-state index contributed by atoms with van der Waals surface area (Å²) < 4.78 is 0. The Kier molecular flexibility index (Phi) is 3.97. The van der Waals surface area contributed by atoms with E-state index in [0.29, 0.717) is 19.1 Å². The van der Waals surface area contributed by atoms with Crippen molar-refractivity contribution in [3.05, 3.63) is 30.1 Å². The SMILES string of the molecule is CC(C)(CNC(=O)CNC1CC1)c1cccnc1. The van der Waals surface area contributed by atoms with Gasteiger partial charge in [0.2, 0.25) is 5.91 Å². The van der Waals surface area contributed by atoms with Crippen LogP contribution >= 0.6 is 0 Å². The molecule has 2 rings (SSSR count). The van der Waals surface area contributed by atoms with Gasteiger partial charge in [0.05, 0.1) is 6.54 Å². The van der Waals surface area contributed by atoms with Gasteiger partial charge in [-0.2, -0.15) is 0 Å². The van der Waals surface area contributed by atoms with Gasteiger partial charge in [-0.25, -0.2) is 0 Å². The van der Waals surface area contributed by atoms with Crippen molar-refractivity contribution in [1.82, 2.24) is 15.6 Å². The number of carbonyl (C=O) groups is 1. The van der Waals surface area contributed by atoms with Gasteiger partial charge in [0.15, 0.2) is 0 Å². The average Bonchev–Trinajstić information content (AvgIpc) is 3.19. The number of pyridine rings is 1. The molecule has 4 heteroatoms. The lowest BCUT2D eigenvalue weighted by Crippen LogP contribution is -2.41. The monoisotopic (exact) mass is 247 g/mol. The maximum atomic E-state index is 11.7. The van der Waals surface area contributed by atoms with E-state index in [-0.39, 0.29) is 11.3 Å². The number of amides is 1. The average molecular weight is 247 g/mol. The Hall–Kier alpha value is -1.42. The molecule has 1 saturated carbocycles. The van der Waals surface area contributed by atoms with E-state index in [1.807, 2.05) is 18.3 Å². The second-order valence-corrected chi connectivity index (χ2v) is 5.56. The Balaban J connectivity index is 1.78. The molecule has 0 spiro atoms. The van der Waals surface area contributed by atoms with E-state index in [1.54, 1.807) is 6.20 Å². The van der Waals surface area contributed by atoms with Crippen LogP contribution in [0.25, 0.3) is 0 Å². The zero-order valence-corrected chi connectivity index (χ0v) is 11.1. The maximum Gasteiger partial charge on any atom is 0.233 e. The van der Waals surface area contributed by atoms with Gasteiger partial charge in [-0.05, 0) is 24.5 Å². The van der Waals surface area contributed by atoms with Crippen molar-refractivity contribution in [2.45, 2.75) is 38.1 Å². The molecule has 0 unspecified atom stereocenters. The molecule has 1 aromatic heterocycles. The van der Waals surface area contributed by atoms with Crippen molar-refractivity contribution in [1.29, 1.82) is 0 Å². The first-order chi connectivity index (χ1) is 8.58. The number of aromatic nitrogens is 1. The fourth-order valence-corrected chi connectivity index (χ4v) is 1.77. The van der Waals surface area contributed by atoms with Crippen molar-refractivity contribution in [2.75, 3.05) is 13.1 Å². The van der Waals surface area contributed by atoms with Crippen molar-refractivity contribution in [3.8, 4) is 0 Å². The van der Waals surface area contributed by atoms with Crippen LogP contribution < -0.4 is 10.6 Å². The largest absolute Gasteiger partial charge is 0.354 e. The summed E-state index contributed by atoms with van der Waals surface area (Å²) in [5.74, 6) is 0.0684. The molecule has 1 amide bonds. The maximum absolute atomic E-state index is 11.7. The third-order valence-electron chi connectivity index (χ3n) is 3.30. The molecule has 18 heavy (non-hydrogen) atoms. The van der Waals surface area contributed by atoms with Gasteiger partial charge in [-0.15, -0.1) is 0 Å². The molecular formula is C14H21N3O. The normalized spacial score (nSPS) is 15.4. The van der Waals surface area contributed by atoms with Crippen LogP contribution in [-0.2, 0) is 10.2 Å². The summed E-state index contributed by atoms with van der Waals surface area (Å²) >= 11 is 0. The molecule has 4 nitrogen and oxygen atoms in total. The summed E-state index contributed by atoms with van der Waals surface area (Å²) in [6.07, 6.45) is 6.02. The molecule has 0 atom stereocenters. The predicted molar refractivity (Wildman–Crippen MR) is 71.3 cm³/mol. The van der Waals surface area contributed by atoms with E-state index in [1.165, 1.54) is 12.8 Å². The van der Waals surface area contributed by atoms with Gasteiger partial charge in [0.25, 0.3) is 0 Å². The minimum Gasteiger partial charge on any atom is -0.354 e. The first-order valence-corrected chi connectivity index (χ1v) is 6.48. The van der Waals surface area contributed by atoms with Crippen LogP contribution in [0.15, 0.2) is 24.5 Å². The Morgan fingerprint density at radius 1 is 1.50 bits per heavy atom. The molecule has 2 N–H and O–H groups in total. The summed E-state index contributed by atoms with van der Waals surface area (Å²) in [6, 6.07) is 4.54. The highest BCUT2D eigenvalue weighted by atomic mass is 16.1. The molecule has 0 bridgehead atoms. The number of nitrogens with one attached hydrogen (secondary N) is 2. The Bertz CT molecular complexity index is 399. The summed E-state index contributed by atoms with van der Waals surface area (Å²) in [5, 5.41) is 6.18. The number of nitrogens with zero attached hydrogens (tertiary/aromatic N) is 1. The van der Waals surface area contributed by atoms with Crippen LogP contribution in [0.5, 0.6) is 0 Å². The summed E-state index contributed by atoms with van der Waals surface area (Å²) in [5.41, 5.74) is 1.05. The highest BCUT2D eigenvalue weighted by Crippen LogP contribution is 2.21. The molecule has 0 radical (unpaired) electrons. The van der Waals surface area contributed by atoms with Gasteiger partial charge < -0.3 is 10.6 Å². The van der Waals surface area contributed by atoms with E-state index in [4.69, 9.17) is 0 Å². The van der Waals surface area contributed by atoms with Crippen LogP contribution in [0.3, 0.4) is 0 Å². The molecule has 98 valence electrons. The number of rotatable bonds is 6. The van der Waals surface area contributed by atoms with Crippen molar-refractivity contribution in [2.24, 2.45) is 0 Å². The van der Waals surface area contributed by atoms with Crippen molar-refractivity contribution < 1.29 is 4.79 Å². The van der Waals surface area contributed by atoms with Gasteiger partial charge in [-0.1, -0.05) is 19.9 Å². The molecular weight excluding hydrogens is 226 g/mol. The van der Waals surface area contributed by atoms with E-state index in [9.17, 15) is 4.79 Å². The molecule has 1 heterocycles. The quantitative estimate of drug-likeness (QED) is 0.795. The van der Waals surface area contributed by atoms with Crippen LogP contribution in [0, 0.1) is 0 Å². The smallest absolute Gasteiger partial charge is 0.233 e. The van der Waals surface area contributed by atoms with Crippen LogP contribution in [0.2, 0.25) is 0 Å². The van der Waals surface area contributed by atoms with Crippen LogP contribution in [0.1, 0.15) is 32.3 Å². The molecule has 0 saturated heterocycles. The van der Waals surface area contributed by atoms with Crippen molar-refractivity contribution >= 4 is 5.91 Å². The topological polar surface area (TPSA) is 54.0 Å². The number of carbonyl (C=O) groups excluding carboxylic acids is 1. The minimum atomic E-state index is -0.0937. The van der Waals surface area contributed by atoms with E-state index < -0.39 is 0 Å². The summed E-state index contributed by atoms with van der Waals surface area (Å²) in [4.78, 5) is 15.8. The van der Waals surface area contributed by atoms with Gasteiger partial charge >= 0.3 is 0 Å². The third kappa shape index (κ3) is 3.81. The molecule has 1 aliphatic rings. The Labute approximate surface area is 108 Å². The summed E-state index contributed by atoms with van der Waals surface area (Å²) in [7, 11) is 0. The first-order valence-electron chi connectivity index (χ1n) is 6.48. The van der Waals surface area contributed by atoms with Gasteiger partial charge in [0, 0.05) is 30.4 Å². The fourth-order valence-electron chi connectivity index (χ4n) is 1.77. The fraction of sp³-hybridized carbons (Fsp3) is 0.571. The van der Waals surface area contributed by atoms with Crippen LogP contribution in [0.4, 0.5) is 0 Å². The van der Waals surface area contributed by atoms with E-state index in [2.05, 4.69) is 29.5 Å². The molecule has 0 aromatic carbocycles. The highest BCUT2D eigenvalue weighted by Gasteiger charge is 2.23. The van der Waals surface area contributed by atoms with E-state index in [0.717, 1.165) is 5.56 Å². The third-order valence-corrected chi connectivity index (χ3v) is 3.30. The lowest BCUT2D eigenvalue weighted by atomic mass is 9.86. The zero-order chi connectivity index (χ0) is 13.0. The van der Waals surface area contributed by atoms with Crippen molar-refractivity contribution in [3.63, 3.8) is 0 Å². The van der Waals surface area contributed by atoms with Gasteiger partial charge in [-0.3, -0.25) is 9.78 Å². The molecule has 1 aliphatic carbocycles. The van der Waals surface area contributed by atoms with E-state index >= 15 is 0 Å². The second-order valence-electron chi connectivity index (χ2n) is 5.56. The number of hydrogen-bond donors (Lipinski definition) is 2. The lowest BCUT2D eigenvalue weighted by Gasteiger charge is -2.25. The Morgan fingerprint density at radius 3 is 2.89 bits per heavy atom.